The molecule has 4 heteroatoms. The van der Waals surface area contributed by atoms with Crippen LogP contribution < -0.4 is 5.32 Å². The van der Waals surface area contributed by atoms with Crippen molar-refractivity contribution in [1.29, 1.82) is 0 Å². The van der Waals surface area contributed by atoms with E-state index >= 15 is 0 Å². The molecular formula is C14H19N3S. The lowest BCUT2D eigenvalue weighted by molar-refractivity contribution is 0.834. The van der Waals surface area contributed by atoms with Crippen molar-refractivity contribution in [2.75, 3.05) is 12.4 Å². The molecule has 2 heterocycles. The van der Waals surface area contributed by atoms with Gasteiger partial charge in [-0.3, -0.25) is 0 Å². The van der Waals surface area contributed by atoms with Gasteiger partial charge in [-0.25, -0.2) is 9.97 Å². The molecule has 0 amide bonds. The Morgan fingerprint density at radius 1 is 1.22 bits per heavy atom. The second-order valence-corrected chi connectivity index (χ2v) is 5.65. The van der Waals surface area contributed by atoms with Crippen LogP contribution in [0, 0.1) is 13.8 Å². The van der Waals surface area contributed by atoms with Gasteiger partial charge in [0.25, 0.3) is 0 Å². The summed E-state index contributed by atoms with van der Waals surface area (Å²) in [6.45, 7) is 8.50. The smallest absolute Gasteiger partial charge is 0.172 e. The molecule has 2 aromatic rings. The van der Waals surface area contributed by atoms with E-state index < -0.39 is 0 Å². The van der Waals surface area contributed by atoms with Gasteiger partial charge in [0.05, 0.1) is 4.88 Å². The molecule has 0 aliphatic heterocycles. The predicted molar refractivity (Wildman–Crippen MR) is 78.5 cm³/mol. The molecule has 18 heavy (non-hydrogen) atoms. The lowest BCUT2D eigenvalue weighted by Gasteiger charge is -2.15. The monoisotopic (exact) mass is 261 g/mol. The maximum atomic E-state index is 4.67. The first-order chi connectivity index (χ1) is 8.54. The minimum absolute atomic E-state index is 0.422. The van der Waals surface area contributed by atoms with E-state index in [1.165, 1.54) is 11.1 Å². The van der Waals surface area contributed by atoms with Crippen molar-refractivity contribution in [3.8, 4) is 10.7 Å². The van der Waals surface area contributed by atoms with E-state index in [2.05, 4.69) is 54.4 Å². The van der Waals surface area contributed by atoms with E-state index in [9.17, 15) is 0 Å². The number of anilines is 1. The summed E-state index contributed by atoms with van der Waals surface area (Å²) in [7, 11) is 1.92. The highest BCUT2D eigenvalue weighted by atomic mass is 32.1. The number of nitrogens with zero attached hydrogens (tertiary/aromatic N) is 2. The fourth-order valence-corrected chi connectivity index (χ4v) is 3.03. The van der Waals surface area contributed by atoms with Gasteiger partial charge in [0.2, 0.25) is 0 Å². The molecule has 0 unspecified atom stereocenters. The molecule has 0 saturated heterocycles. The molecule has 0 spiro atoms. The van der Waals surface area contributed by atoms with E-state index in [4.69, 9.17) is 0 Å². The summed E-state index contributed by atoms with van der Waals surface area (Å²) >= 11 is 1.69. The van der Waals surface area contributed by atoms with Crippen molar-refractivity contribution in [3.05, 3.63) is 28.3 Å². The fourth-order valence-electron chi connectivity index (χ4n) is 2.17. The van der Waals surface area contributed by atoms with Crippen LogP contribution in [0.1, 0.15) is 36.6 Å². The zero-order valence-electron chi connectivity index (χ0n) is 11.5. The predicted octanol–water partition coefficient (Wildman–Crippen LogP) is 3.99. The number of aromatic nitrogens is 2. The van der Waals surface area contributed by atoms with Crippen molar-refractivity contribution in [2.24, 2.45) is 0 Å². The fraction of sp³-hybridized carbons (Fsp3) is 0.429. The second-order valence-electron chi connectivity index (χ2n) is 4.73. The van der Waals surface area contributed by atoms with Gasteiger partial charge in [-0.2, -0.15) is 0 Å². The number of nitrogens with one attached hydrogen (secondary N) is 1. The van der Waals surface area contributed by atoms with Gasteiger partial charge in [0.15, 0.2) is 5.82 Å². The zero-order chi connectivity index (χ0) is 13.3. The van der Waals surface area contributed by atoms with E-state index in [1.54, 1.807) is 11.3 Å². The standard InChI is InChI=1S/C14H19N3S/c1-8(2)11-10(4)16-14(17-13(11)15-5)12-9(3)6-7-18-12/h6-8H,1-5H3,(H,15,16,17). The summed E-state index contributed by atoms with van der Waals surface area (Å²) in [5.41, 5.74) is 3.50. The molecule has 96 valence electrons. The third-order valence-electron chi connectivity index (χ3n) is 3.02. The first-order valence-corrected chi connectivity index (χ1v) is 7.03. The Labute approximate surface area is 112 Å². The normalized spacial score (nSPS) is 11.0. The van der Waals surface area contributed by atoms with Crippen molar-refractivity contribution in [3.63, 3.8) is 0 Å². The number of hydrogen-bond acceptors (Lipinski definition) is 4. The third kappa shape index (κ3) is 2.25. The molecule has 0 bridgehead atoms. The summed E-state index contributed by atoms with van der Waals surface area (Å²) in [6, 6.07) is 2.11. The minimum atomic E-state index is 0.422. The van der Waals surface area contributed by atoms with Crippen molar-refractivity contribution in [1.82, 2.24) is 9.97 Å². The van der Waals surface area contributed by atoms with Crippen LogP contribution in [0.2, 0.25) is 0 Å². The van der Waals surface area contributed by atoms with Crippen LogP contribution in [-0.4, -0.2) is 17.0 Å². The van der Waals surface area contributed by atoms with Crippen LogP contribution in [-0.2, 0) is 0 Å². The van der Waals surface area contributed by atoms with Crippen LogP contribution in [0.15, 0.2) is 11.4 Å². The number of hydrogen-bond donors (Lipinski definition) is 1. The second kappa shape index (κ2) is 5.06. The average molecular weight is 261 g/mol. The lowest BCUT2D eigenvalue weighted by Crippen LogP contribution is -2.06. The number of rotatable bonds is 3. The highest BCUT2D eigenvalue weighted by Crippen LogP contribution is 2.31. The van der Waals surface area contributed by atoms with Crippen molar-refractivity contribution < 1.29 is 0 Å². The molecule has 0 aromatic carbocycles. The molecular weight excluding hydrogens is 242 g/mol. The van der Waals surface area contributed by atoms with Gasteiger partial charge in [-0.15, -0.1) is 11.3 Å². The van der Waals surface area contributed by atoms with Gasteiger partial charge in [0, 0.05) is 18.3 Å². The van der Waals surface area contributed by atoms with Crippen LogP contribution >= 0.6 is 11.3 Å². The van der Waals surface area contributed by atoms with Crippen molar-refractivity contribution >= 4 is 17.2 Å². The molecule has 0 aliphatic carbocycles. The van der Waals surface area contributed by atoms with E-state index in [0.717, 1.165) is 22.2 Å². The Morgan fingerprint density at radius 2 is 1.94 bits per heavy atom. The number of thiophene rings is 1. The van der Waals surface area contributed by atoms with Crippen LogP contribution in [0.5, 0.6) is 0 Å². The molecule has 3 nitrogen and oxygen atoms in total. The van der Waals surface area contributed by atoms with Gasteiger partial charge >= 0.3 is 0 Å². The Hall–Kier alpha value is -1.42. The SMILES string of the molecule is CNc1nc(-c2sccc2C)nc(C)c1C(C)C. The largest absolute Gasteiger partial charge is 0.373 e. The quantitative estimate of drug-likeness (QED) is 0.908. The van der Waals surface area contributed by atoms with Gasteiger partial charge in [0.1, 0.15) is 5.82 Å². The van der Waals surface area contributed by atoms with Gasteiger partial charge in [-0.05, 0) is 36.8 Å². The number of aryl methyl sites for hydroxylation is 2. The van der Waals surface area contributed by atoms with E-state index in [-0.39, 0.29) is 0 Å². The Balaban J connectivity index is 2.60. The topological polar surface area (TPSA) is 37.8 Å². The Morgan fingerprint density at radius 3 is 2.44 bits per heavy atom. The lowest BCUT2D eigenvalue weighted by atomic mass is 10.0. The highest BCUT2D eigenvalue weighted by molar-refractivity contribution is 7.13. The summed E-state index contributed by atoms with van der Waals surface area (Å²) in [6.07, 6.45) is 0. The molecule has 0 aliphatic rings. The minimum Gasteiger partial charge on any atom is -0.373 e. The molecule has 2 rings (SSSR count). The molecule has 1 N–H and O–H groups in total. The first kappa shape index (κ1) is 13.0. The maximum absolute atomic E-state index is 4.67. The molecule has 2 aromatic heterocycles. The molecule has 0 fully saturated rings. The summed E-state index contributed by atoms with van der Waals surface area (Å²) in [4.78, 5) is 10.5. The summed E-state index contributed by atoms with van der Waals surface area (Å²) in [5.74, 6) is 2.19. The van der Waals surface area contributed by atoms with Crippen molar-refractivity contribution in [2.45, 2.75) is 33.6 Å². The molecule has 0 radical (unpaired) electrons. The van der Waals surface area contributed by atoms with E-state index in [0.29, 0.717) is 5.92 Å². The highest BCUT2D eigenvalue weighted by Gasteiger charge is 2.16. The van der Waals surface area contributed by atoms with Crippen LogP contribution in [0.25, 0.3) is 10.7 Å². The first-order valence-electron chi connectivity index (χ1n) is 6.15. The zero-order valence-corrected chi connectivity index (χ0v) is 12.4. The Kier molecular flexibility index (Phi) is 3.66. The summed E-state index contributed by atoms with van der Waals surface area (Å²) < 4.78 is 0. The summed E-state index contributed by atoms with van der Waals surface area (Å²) in [5, 5.41) is 5.28. The molecule has 0 saturated carbocycles. The van der Waals surface area contributed by atoms with Crippen LogP contribution in [0.3, 0.4) is 0 Å². The Bertz CT molecular complexity index is 558. The van der Waals surface area contributed by atoms with Gasteiger partial charge in [-0.1, -0.05) is 13.8 Å². The van der Waals surface area contributed by atoms with Crippen LogP contribution in [0.4, 0.5) is 5.82 Å². The average Bonchev–Trinajstić information content (AvgIpc) is 2.73. The third-order valence-corrected chi connectivity index (χ3v) is 4.03. The molecule has 0 atom stereocenters. The maximum Gasteiger partial charge on any atom is 0.172 e. The van der Waals surface area contributed by atoms with E-state index in [1.807, 2.05) is 7.05 Å². The van der Waals surface area contributed by atoms with Gasteiger partial charge < -0.3 is 5.32 Å².